The zero-order chi connectivity index (χ0) is 16.4. The molecule has 0 amide bonds. The number of aryl methyl sites for hydroxylation is 1. The molecule has 0 unspecified atom stereocenters. The summed E-state index contributed by atoms with van der Waals surface area (Å²) in [4.78, 5) is 2.42. The van der Waals surface area contributed by atoms with Crippen molar-refractivity contribution < 1.29 is 4.42 Å². The first-order valence-electron chi connectivity index (χ1n) is 8.39. The minimum atomic E-state index is 0.469. The van der Waals surface area contributed by atoms with Gasteiger partial charge in [-0.3, -0.25) is 9.58 Å². The van der Waals surface area contributed by atoms with Crippen LogP contribution in [0.15, 0.2) is 47.1 Å². The predicted molar refractivity (Wildman–Crippen MR) is 90.1 cm³/mol. The standard InChI is InChI=1S/C18H21N5O/c1-14-10-19-23(11-14)12-16-8-5-9-22(16)13-17-20-21-18(24-17)15-6-3-2-4-7-15/h2-4,6-7,10-11,16H,5,8-9,12-13H2,1H3/t16-/m0/s1. The number of rotatable bonds is 5. The molecule has 1 saturated heterocycles. The highest BCUT2D eigenvalue weighted by Gasteiger charge is 2.26. The minimum absolute atomic E-state index is 0.469. The Hall–Kier alpha value is -2.47. The number of aromatic nitrogens is 4. The van der Waals surface area contributed by atoms with E-state index in [4.69, 9.17) is 4.42 Å². The SMILES string of the molecule is Cc1cnn(C[C@@H]2CCCN2Cc2nnc(-c3ccccc3)o2)c1. The van der Waals surface area contributed by atoms with Gasteiger partial charge in [-0.2, -0.15) is 5.10 Å². The van der Waals surface area contributed by atoms with Crippen molar-refractivity contribution in [3.8, 4) is 11.5 Å². The zero-order valence-electron chi connectivity index (χ0n) is 13.8. The van der Waals surface area contributed by atoms with Gasteiger partial charge in [0.25, 0.3) is 0 Å². The molecule has 6 nitrogen and oxygen atoms in total. The van der Waals surface area contributed by atoms with E-state index in [1.165, 1.54) is 18.4 Å². The van der Waals surface area contributed by atoms with Crippen molar-refractivity contribution in [2.45, 2.75) is 38.9 Å². The van der Waals surface area contributed by atoms with Gasteiger partial charge in [0.05, 0.1) is 19.3 Å². The van der Waals surface area contributed by atoms with Crippen LogP contribution in [-0.4, -0.2) is 37.5 Å². The van der Waals surface area contributed by atoms with Gasteiger partial charge in [0.15, 0.2) is 0 Å². The van der Waals surface area contributed by atoms with E-state index in [0.717, 1.165) is 18.7 Å². The Kier molecular flexibility index (Phi) is 4.13. The van der Waals surface area contributed by atoms with E-state index in [9.17, 15) is 0 Å². The maximum absolute atomic E-state index is 5.85. The highest BCUT2D eigenvalue weighted by molar-refractivity contribution is 5.51. The molecular weight excluding hydrogens is 302 g/mol. The molecule has 0 radical (unpaired) electrons. The van der Waals surface area contributed by atoms with E-state index >= 15 is 0 Å². The van der Waals surface area contributed by atoms with Gasteiger partial charge in [-0.05, 0) is 44.0 Å². The van der Waals surface area contributed by atoms with Crippen LogP contribution in [0.25, 0.3) is 11.5 Å². The average molecular weight is 323 g/mol. The fourth-order valence-electron chi connectivity index (χ4n) is 3.28. The third-order valence-electron chi connectivity index (χ3n) is 4.49. The van der Waals surface area contributed by atoms with Crippen molar-refractivity contribution in [1.82, 2.24) is 24.9 Å². The Morgan fingerprint density at radius 1 is 1.21 bits per heavy atom. The molecule has 0 saturated carbocycles. The Balaban J connectivity index is 1.43. The number of hydrogen-bond donors (Lipinski definition) is 0. The average Bonchev–Trinajstić information content (AvgIpc) is 3.32. The molecule has 2 aromatic heterocycles. The molecular formula is C18H21N5O. The second kappa shape index (κ2) is 6.57. The molecule has 6 heteroatoms. The molecule has 1 aliphatic heterocycles. The third-order valence-corrected chi connectivity index (χ3v) is 4.49. The monoisotopic (exact) mass is 323 g/mol. The van der Waals surface area contributed by atoms with Crippen LogP contribution < -0.4 is 0 Å². The van der Waals surface area contributed by atoms with Crippen LogP contribution >= 0.6 is 0 Å². The summed E-state index contributed by atoms with van der Waals surface area (Å²) in [6.45, 7) is 4.74. The van der Waals surface area contributed by atoms with Gasteiger partial charge in [-0.25, -0.2) is 0 Å². The summed E-state index contributed by atoms with van der Waals surface area (Å²) >= 11 is 0. The molecule has 0 spiro atoms. The zero-order valence-corrected chi connectivity index (χ0v) is 13.8. The topological polar surface area (TPSA) is 60.0 Å². The Labute approximate surface area is 141 Å². The molecule has 0 aliphatic carbocycles. The summed E-state index contributed by atoms with van der Waals surface area (Å²) in [6, 6.07) is 10.4. The predicted octanol–water partition coefficient (Wildman–Crippen LogP) is 2.91. The number of hydrogen-bond acceptors (Lipinski definition) is 5. The summed E-state index contributed by atoms with van der Waals surface area (Å²) in [5, 5.41) is 12.8. The lowest BCUT2D eigenvalue weighted by Crippen LogP contribution is -2.32. The largest absolute Gasteiger partial charge is 0.419 e. The lowest BCUT2D eigenvalue weighted by Gasteiger charge is -2.22. The van der Waals surface area contributed by atoms with E-state index in [0.29, 0.717) is 24.4 Å². The lowest BCUT2D eigenvalue weighted by molar-refractivity contribution is 0.200. The van der Waals surface area contributed by atoms with Crippen molar-refractivity contribution >= 4 is 0 Å². The molecule has 4 rings (SSSR count). The lowest BCUT2D eigenvalue weighted by atomic mass is 10.2. The van der Waals surface area contributed by atoms with Crippen LogP contribution in [0.1, 0.15) is 24.3 Å². The number of nitrogens with zero attached hydrogens (tertiary/aromatic N) is 5. The molecule has 0 N–H and O–H groups in total. The summed E-state index contributed by atoms with van der Waals surface area (Å²) in [5.41, 5.74) is 2.16. The number of benzene rings is 1. The van der Waals surface area contributed by atoms with Crippen molar-refractivity contribution in [3.05, 3.63) is 54.2 Å². The molecule has 1 atom stereocenters. The van der Waals surface area contributed by atoms with Gasteiger partial charge in [-0.1, -0.05) is 18.2 Å². The number of likely N-dealkylation sites (tertiary alicyclic amines) is 1. The van der Waals surface area contributed by atoms with E-state index in [-0.39, 0.29) is 0 Å². The van der Waals surface area contributed by atoms with E-state index < -0.39 is 0 Å². The van der Waals surface area contributed by atoms with E-state index in [1.807, 2.05) is 41.2 Å². The van der Waals surface area contributed by atoms with Crippen molar-refractivity contribution in [1.29, 1.82) is 0 Å². The van der Waals surface area contributed by atoms with Crippen molar-refractivity contribution in [2.24, 2.45) is 0 Å². The Bertz CT molecular complexity index is 795. The minimum Gasteiger partial charge on any atom is -0.419 e. The first-order chi connectivity index (χ1) is 11.8. The van der Waals surface area contributed by atoms with Gasteiger partial charge >= 0.3 is 0 Å². The Morgan fingerprint density at radius 2 is 2.08 bits per heavy atom. The summed E-state index contributed by atoms with van der Waals surface area (Å²) in [7, 11) is 0. The first kappa shape index (κ1) is 15.1. The fraction of sp³-hybridized carbons (Fsp3) is 0.389. The summed E-state index contributed by atoms with van der Waals surface area (Å²) in [6.07, 6.45) is 6.38. The van der Waals surface area contributed by atoms with Crippen LogP contribution in [0.5, 0.6) is 0 Å². The molecule has 1 aliphatic rings. The Morgan fingerprint density at radius 3 is 2.88 bits per heavy atom. The van der Waals surface area contributed by atoms with Gasteiger partial charge in [0.2, 0.25) is 11.8 Å². The summed E-state index contributed by atoms with van der Waals surface area (Å²) < 4.78 is 7.88. The second-order valence-electron chi connectivity index (χ2n) is 6.37. The fourth-order valence-corrected chi connectivity index (χ4v) is 3.28. The maximum atomic E-state index is 5.85. The molecule has 3 aromatic rings. The quantitative estimate of drug-likeness (QED) is 0.722. The van der Waals surface area contributed by atoms with Crippen LogP contribution in [0.2, 0.25) is 0 Å². The molecule has 24 heavy (non-hydrogen) atoms. The third kappa shape index (κ3) is 3.23. The van der Waals surface area contributed by atoms with Gasteiger partial charge < -0.3 is 4.42 Å². The van der Waals surface area contributed by atoms with Crippen LogP contribution in [0.3, 0.4) is 0 Å². The smallest absolute Gasteiger partial charge is 0.247 e. The van der Waals surface area contributed by atoms with Crippen LogP contribution in [0, 0.1) is 6.92 Å². The maximum Gasteiger partial charge on any atom is 0.247 e. The molecule has 124 valence electrons. The van der Waals surface area contributed by atoms with Crippen LogP contribution in [-0.2, 0) is 13.1 Å². The van der Waals surface area contributed by atoms with Crippen LogP contribution in [0.4, 0.5) is 0 Å². The van der Waals surface area contributed by atoms with E-state index in [1.54, 1.807) is 0 Å². The summed E-state index contributed by atoms with van der Waals surface area (Å²) in [5.74, 6) is 1.27. The second-order valence-corrected chi connectivity index (χ2v) is 6.37. The molecule has 3 heterocycles. The molecule has 1 fully saturated rings. The molecule has 0 bridgehead atoms. The highest BCUT2D eigenvalue weighted by Crippen LogP contribution is 2.23. The van der Waals surface area contributed by atoms with Crippen molar-refractivity contribution in [3.63, 3.8) is 0 Å². The molecule has 1 aromatic carbocycles. The van der Waals surface area contributed by atoms with Gasteiger partial charge in [0, 0.05) is 17.8 Å². The van der Waals surface area contributed by atoms with Gasteiger partial charge in [0.1, 0.15) is 0 Å². The first-order valence-corrected chi connectivity index (χ1v) is 8.39. The highest BCUT2D eigenvalue weighted by atomic mass is 16.4. The van der Waals surface area contributed by atoms with Gasteiger partial charge in [-0.15, -0.1) is 10.2 Å². The normalized spacial score (nSPS) is 18.3. The van der Waals surface area contributed by atoms with E-state index in [2.05, 4.69) is 33.3 Å². The van der Waals surface area contributed by atoms with Crippen molar-refractivity contribution in [2.75, 3.05) is 6.54 Å².